The van der Waals surface area contributed by atoms with Crippen LogP contribution in [0.15, 0.2) is 30.3 Å². The minimum Gasteiger partial charge on any atom is -0.327 e. The summed E-state index contributed by atoms with van der Waals surface area (Å²) in [5, 5.41) is 0. The van der Waals surface area contributed by atoms with Gasteiger partial charge in [-0.1, -0.05) is 24.3 Å². The van der Waals surface area contributed by atoms with Crippen LogP contribution in [-0.4, -0.2) is 36.6 Å². The van der Waals surface area contributed by atoms with E-state index in [2.05, 4.69) is 0 Å². The number of hydrogen-bond acceptors (Lipinski definition) is 2. The fourth-order valence-electron chi connectivity index (χ4n) is 2.27. The van der Waals surface area contributed by atoms with Gasteiger partial charge in [-0.05, 0) is 31.5 Å². The molecule has 1 aliphatic rings. The average molecular weight is 259 g/mol. The largest absolute Gasteiger partial charge is 0.327 e. The smallest absolute Gasteiger partial charge is 0.324 e. The van der Waals surface area contributed by atoms with Crippen LogP contribution in [0, 0.1) is 0 Å². The van der Waals surface area contributed by atoms with Crippen LogP contribution in [0.2, 0.25) is 0 Å². The van der Waals surface area contributed by atoms with E-state index in [1.807, 2.05) is 60.1 Å². The highest BCUT2D eigenvalue weighted by atomic mass is 16.2. The number of amides is 2. The summed E-state index contributed by atoms with van der Waals surface area (Å²) >= 11 is 0. The number of nitrogens with zero attached hydrogens (tertiary/aromatic N) is 2. The summed E-state index contributed by atoms with van der Waals surface area (Å²) in [6, 6.07) is 8.32. The molecule has 0 unspecified atom stereocenters. The zero-order valence-electron chi connectivity index (χ0n) is 11.5. The van der Waals surface area contributed by atoms with Gasteiger partial charge in [0.25, 0.3) is 0 Å². The lowest BCUT2D eigenvalue weighted by molar-refractivity contribution is 0.209. The van der Waals surface area contributed by atoms with E-state index in [1.165, 1.54) is 0 Å². The van der Waals surface area contributed by atoms with Crippen molar-refractivity contribution in [1.82, 2.24) is 4.90 Å². The first-order valence-electron chi connectivity index (χ1n) is 6.68. The molecule has 4 heteroatoms. The molecule has 1 fully saturated rings. The monoisotopic (exact) mass is 259 g/mol. The SMILES string of the molecule is CC(C)N1CCN(c2cccc(/C=C/CN)c2)C1=O. The predicted octanol–water partition coefficient (Wildman–Crippen LogP) is 2.31. The minimum atomic E-state index is 0.0926. The number of carbonyl (C=O) groups excluding carboxylic acids is 1. The zero-order valence-corrected chi connectivity index (χ0v) is 11.5. The third kappa shape index (κ3) is 2.96. The molecule has 0 spiro atoms. The van der Waals surface area contributed by atoms with E-state index in [0.717, 1.165) is 24.3 Å². The number of carbonyl (C=O) groups is 1. The van der Waals surface area contributed by atoms with Gasteiger partial charge in [-0.3, -0.25) is 4.90 Å². The molecule has 1 heterocycles. The molecule has 0 bridgehead atoms. The summed E-state index contributed by atoms with van der Waals surface area (Å²) in [6.45, 7) is 6.15. The van der Waals surface area contributed by atoms with Gasteiger partial charge in [0.05, 0.1) is 0 Å². The van der Waals surface area contributed by atoms with Gasteiger partial charge in [-0.15, -0.1) is 0 Å². The summed E-state index contributed by atoms with van der Waals surface area (Å²) < 4.78 is 0. The Morgan fingerprint density at radius 3 is 2.79 bits per heavy atom. The highest BCUT2D eigenvalue weighted by molar-refractivity contribution is 5.94. The lowest BCUT2D eigenvalue weighted by atomic mass is 10.2. The number of benzene rings is 1. The van der Waals surface area contributed by atoms with Gasteiger partial charge in [0.2, 0.25) is 0 Å². The number of rotatable bonds is 4. The quantitative estimate of drug-likeness (QED) is 0.902. The molecule has 19 heavy (non-hydrogen) atoms. The fraction of sp³-hybridized carbons (Fsp3) is 0.400. The topological polar surface area (TPSA) is 49.6 Å². The Bertz CT molecular complexity index is 482. The molecular weight excluding hydrogens is 238 g/mol. The van der Waals surface area contributed by atoms with Crippen LogP contribution in [0.3, 0.4) is 0 Å². The molecule has 102 valence electrons. The normalized spacial score (nSPS) is 16.1. The second-order valence-corrected chi connectivity index (χ2v) is 4.95. The van der Waals surface area contributed by atoms with Crippen molar-refractivity contribution >= 4 is 17.8 Å². The molecule has 2 amide bonds. The third-order valence-corrected chi connectivity index (χ3v) is 3.29. The van der Waals surface area contributed by atoms with E-state index in [0.29, 0.717) is 6.54 Å². The Labute approximate surface area is 114 Å². The molecule has 4 nitrogen and oxygen atoms in total. The molecule has 0 radical (unpaired) electrons. The van der Waals surface area contributed by atoms with Crippen molar-refractivity contribution in [2.24, 2.45) is 5.73 Å². The summed E-state index contributed by atoms with van der Waals surface area (Å²) in [4.78, 5) is 16.0. The third-order valence-electron chi connectivity index (χ3n) is 3.29. The van der Waals surface area contributed by atoms with Crippen molar-refractivity contribution < 1.29 is 4.79 Å². The van der Waals surface area contributed by atoms with E-state index < -0.39 is 0 Å². The first kappa shape index (κ1) is 13.6. The van der Waals surface area contributed by atoms with E-state index in [1.54, 1.807) is 0 Å². The Balaban J connectivity index is 2.19. The second-order valence-electron chi connectivity index (χ2n) is 4.95. The van der Waals surface area contributed by atoms with Crippen molar-refractivity contribution in [3.8, 4) is 0 Å². The molecule has 2 rings (SSSR count). The van der Waals surface area contributed by atoms with Gasteiger partial charge in [-0.25, -0.2) is 4.79 Å². The molecule has 1 aromatic carbocycles. The van der Waals surface area contributed by atoms with Crippen molar-refractivity contribution in [3.05, 3.63) is 35.9 Å². The molecule has 0 atom stereocenters. The van der Waals surface area contributed by atoms with Gasteiger partial charge in [0, 0.05) is 31.4 Å². The Morgan fingerprint density at radius 2 is 2.16 bits per heavy atom. The molecule has 0 aromatic heterocycles. The number of urea groups is 1. The molecule has 1 aromatic rings. The van der Waals surface area contributed by atoms with Crippen molar-refractivity contribution in [2.45, 2.75) is 19.9 Å². The van der Waals surface area contributed by atoms with Crippen LogP contribution in [0.5, 0.6) is 0 Å². The number of nitrogens with two attached hydrogens (primary N) is 1. The van der Waals surface area contributed by atoms with Gasteiger partial charge >= 0.3 is 6.03 Å². The van der Waals surface area contributed by atoms with E-state index in [9.17, 15) is 4.79 Å². The average Bonchev–Trinajstić information content (AvgIpc) is 2.78. The molecule has 2 N–H and O–H groups in total. The fourth-order valence-corrected chi connectivity index (χ4v) is 2.27. The Kier molecular flexibility index (Phi) is 4.22. The van der Waals surface area contributed by atoms with Crippen LogP contribution in [0.4, 0.5) is 10.5 Å². The first-order valence-corrected chi connectivity index (χ1v) is 6.68. The van der Waals surface area contributed by atoms with Gasteiger partial charge in [0.15, 0.2) is 0 Å². The lowest BCUT2D eigenvalue weighted by Crippen LogP contribution is -2.36. The number of hydrogen-bond donors (Lipinski definition) is 1. The predicted molar refractivity (Wildman–Crippen MR) is 79.1 cm³/mol. The maximum atomic E-state index is 12.3. The van der Waals surface area contributed by atoms with Crippen molar-refractivity contribution in [1.29, 1.82) is 0 Å². The van der Waals surface area contributed by atoms with Crippen molar-refractivity contribution in [2.75, 3.05) is 24.5 Å². The highest BCUT2D eigenvalue weighted by Gasteiger charge is 2.30. The molecule has 0 saturated carbocycles. The molecule has 0 aliphatic carbocycles. The summed E-state index contributed by atoms with van der Waals surface area (Å²) in [5.41, 5.74) is 7.47. The first-order chi connectivity index (χ1) is 9.13. The van der Waals surface area contributed by atoms with Crippen LogP contribution in [-0.2, 0) is 0 Å². The highest BCUT2D eigenvalue weighted by Crippen LogP contribution is 2.23. The van der Waals surface area contributed by atoms with Crippen molar-refractivity contribution in [3.63, 3.8) is 0 Å². The summed E-state index contributed by atoms with van der Waals surface area (Å²) in [5.74, 6) is 0. The van der Waals surface area contributed by atoms with Gasteiger partial charge < -0.3 is 10.6 Å². The molecule has 1 aliphatic heterocycles. The second kappa shape index (κ2) is 5.89. The zero-order chi connectivity index (χ0) is 13.8. The number of anilines is 1. The van der Waals surface area contributed by atoms with Crippen LogP contribution >= 0.6 is 0 Å². The summed E-state index contributed by atoms with van der Waals surface area (Å²) in [6.07, 6.45) is 3.88. The lowest BCUT2D eigenvalue weighted by Gasteiger charge is -2.21. The van der Waals surface area contributed by atoms with E-state index >= 15 is 0 Å². The summed E-state index contributed by atoms with van der Waals surface area (Å²) in [7, 11) is 0. The Morgan fingerprint density at radius 1 is 1.37 bits per heavy atom. The van der Waals surface area contributed by atoms with Gasteiger partial charge in [0.1, 0.15) is 0 Å². The minimum absolute atomic E-state index is 0.0926. The maximum Gasteiger partial charge on any atom is 0.324 e. The standard InChI is InChI=1S/C15H21N3O/c1-12(2)17-9-10-18(15(17)19)14-7-3-5-13(11-14)6-4-8-16/h3-7,11-12H,8-10,16H2,1-2H3/b6-4+. The molecular formula is C15H21N3O. The van der Waals surface area contributed by atoms with Crippen LogP contribution < -0.4 is 10.6 Å². The Hall–Kier alpha value is -1.81. The van der Waals surface area contributed by atoms with E-state index in [4.69, 9.17) is 5.73 Å². The van der Waals surface area contributed by atoms with Crippen LogP contribution in [0.1, 0.15) is 19.4 Å². The maximum absolute atomic E-state index is 12.3. The van der Waals surface area contributed by atoms with E-state index in [-0.39, 0.29) is 12.1 Å². The van der Waals surface area contributed by atoms with Crippen LogP contribution in [0.25, 0.3) is 6.08 Å². The van der Waals surface area contributed by atoms with Gasteiger partial charge in [-0.2, -0.15) is 0 Å². The molecule has 1 saturated heterocycles.